The summed E-state index contributed by atoms with van der Waals surface area (Å²) in [4.78, 5) is 24.5. The lowest BCUT2D eigenvalue weighted by Gasteiger charge is -2.16. The Hall–Kier alpha value is -1.74. The van der Waals surface area contributed by atoms with E-state index in [0.717, 1.165) is 19.6 Å². The monoisotopic (exact) mass is 253 g/mol. The molecule has 6 nitrogen and oxygen atoms in total. The first kappa shape index (κ1) is 14.3. The molecule has 0 aromatic carbocycles. The van der Waals surface area contributed by atoms with Gasteiger partial charge in [0.2, 0.25) is 0 Å². The smallest absolute Gasteiger partial charge is 0.327 e. The minimum atomic E-state index is -1.12. The Morgan fingerprint density at radius 1 is 1.39 bits per heavy atom. The van der Waals surface area contributed by atoms with Crippen LogP contribution in [0.25, 0.3) is 0 Å². The van der Waals surface area contributed by atoms with Crippen LogP contribution in [0.5, 0.6) is 0 Å². The van der Waals surface area contributed by atoms with Crippen LogP contribution in [-0.2, 0) is 4.79 Å². The molecule has 2 amide bonds. The number of carboxylic acids is 1. The highest BCUT2D eigenvalue weighted by molar-refractivity contribution is 5.82. The predicted octanol–water partition coefficient (Wildman–Crippen LogP) is -0.142. The number of likely N-dealkylation sites (tertiary alicyclic amines) is 1. The molecule has 100 valence electrons. The van der Waals surface area contributed by atoms with E-state index in [2.05, 4.69) is 21.5 Å². The van der Waals surface area contributed by atoms with Crippen LogP contribution in [0.4, 0.5) is 4.79 Å². The number of hydrogen-bond donors (Lipinski definition) is 3. The average Bonchev–Trinajstić information content (AvgIpc) is 2.81. The standard InChI is InChI=1S/C12H19N3O3/c1-2-5-10(11(16)17)14-12(18)13-6-9-15-7-3-4-8-15/h1,10H,3-9H2,(H,16,17)(H2,13,14,18). The van der Waals surface area contributed by atoms with Gasteiger partial charge in [0, 0.05) is 19.5 Å². The molecule has 18 heavy (non-hydrogen) atoms. The van der Waals surface area contributed by atoms with E-state index in [0.29, 0.717) is 6.54 Å². The van der Waals surface area contributed by atoms with Crippen molar-refractivity contribution in [1.82, 2.24) is 15.5 Å². The van der Waals surface area contributed by atoms with Crippen molar-refractivity contribution < 1.29 is 14.7 Å². The number of nitrogens with one attached hydrogen (secondary N) is 2. The molecular weight excluding hydrogens is 234 g/mol. The van der Waals surface area contributed by atoms with Crippen LogP contribution in [0.2, 0.25) is 0 Å². The number of amides is 2. The van der Waals surface area contributed by atoms with E-state index in [4.69, 9.17) is 11.5 Å². The summed E-state index contributed by atoms with van der Waals surface area (Å²) in [7, 11) is 0. The number of carbonyl (C=O) groups excluding carboxylic acids is 1. The first-order valence-electron chi connectivity index (χ1n) is 6.06. The topological polar surface area (TPSA) is 81.7 Å². The van der Waals surface area contributed by atoms with E-state index in [1.54, 1.807) is 0 Å². The average molecular weight is 253 g/mol. The molecule has 6 heteroatoms. The van der Waals surface area contributed by atoms with Crippen LogP contribution >= 0.6 is 0 Å². The summed E-state index contributed by atoms with van der Waals surface area (Å²) in [6.45, 7) is 3.44. The molecule has 0 aromatic rings. The van der Waals surface area contributed by atoms with E-state index in [-0.39, 0.29) is 6.42 Å². The highest BCUT2D eigenvalue weighted by Gasteiger charge is 2.18. The van der Waals surface area contributed by atoms with Gasteiger partial charge in [-0.15, -0.1) is 12.3 Å². The minimum absolute atomic E-state index is 0.0190. The van der Waals surface area contributed by atoms with E-state index < -0.39 is 18.0 Å². The fourth-order valence-corrected chi connectivity index (χ4v) is 1.86. The molecule has 1 rings (SSSR count). The van der Waals surface area contributed by atoms with Crippen molar-refractivity contribution in [3.05, 3.63) is 0 Å². The minimum Gasteiger partial charge on any atom is -0.480 e. The van der Waals surface area contributed by atoms with E-state index in [1.807, 2.05) is 0 Å². The van der Waals surface area contributed by atoms with E-state index in [9.17, 15) is 9.59 Å². The Labute approximate surface area is 107 Å². The molecule has 0 aliphatic carbocycles. The highest BCUT2D eigenvalue weighted by Crippen LogP contribution is 2.05. The lowest BCUT2D eigenvalue weighted by molar-refractivity contribution is -0.139. The summed E-state index contributed by atoms with van der Waals surface area (Å²) in [5.74, 6) is 1.10. The normalized spacial score (nSPS) is 16.8. The second-order valence-corrected chi connectivity index (χ2v) is 4.25. The van der Waals surface area contributed by atoms with E-state index >= 15 is 0 Å². The van der Waals surface area contributed by atoms with Gasteiger partial charge in [-0.05, 0) is 25.9 Å². The number of rotatable bonds is 6. The Bertz CT molecular complexity index is 332. The summed E-state index contributed by atoms with van der Waals surface area (Å²) in [6.07, 6.45) is 7.42. The third kappa shape index (κ3) is 5.06. The summed E-state index contributed by atoms with van der Waals surface area (Å²) in [5.41, 5.74) is 0. The van der Waals surface area contributed by atoms with Gasteiger partial charge < -0.3 is 20.6 Å². The molecule has 1 heterocycles. The van der Waals surface area contributed by atoms with Gasteiger partial charge in [0.15, 0.2) is 0 Å². The van der Waals surface area contributed by atoms with Gasteiger partial charge in [-0.3, -0.25) is 0 Å². The van der Waals surface area contributed by atoms with Crippen LogP contribution in [-0.4, -0.2) is 54.2 Å². The van der Waals surface area contributed by atoms with Crippen LogP contribution in [0, 0.1) is 12.3 Å². The van der Waals surface area contributed by atoms with Crippen molar-refractivity contribution in [2.24, 2.45) is 0 Å². The Balaban J connectivity index is 2.19. The van der Waals surface area contributed by atoms with Gasteiger partial charge in [-0.25, -0.2) is 9.59 Å². The largest absolute Gasteiger partial charge is 0.480 e. The van der Waals surface area contributed by atoms with Crippen molar-refractivity contribution in [1.29, 1.82) is 0 Å². The molecule has 0 bridgehead atoms. The maximum atomic E-state index is 11.4. The molecule has 0 saturated carbocycles. The molecule has 0 spiro atoms. The van der Waals surface area contributed by atoms with Crippen molar-refractivity contribution in [2.45, 2.75) is 25.3 Å². The SMILES string of the molecule is C#CCC(NC(=O)NCCN1CCCC1)C(=O)O. The quantitative estimate of drug-likeness (QED) is 0.575. The first-order chi connectivity index (χ1) is 8.63. The van der Waals surface area contributed by atoms with Gasteiger partial charge in [-0.2, -0.15) is 0 Å². The first-order valence-corrected chi connectivity index (χ1v) is 6.06. The molecular formula is C12H19N3O3. The maximum Gasteiger partial charge on any atom is 0.327 e. The fraction of sp³-hybridized carbons (Fsp3) is 0.667. The predicted molar refractivity (Wildman–Crippen MR) is 67.1 cm³/mol. The lowest BCUT2D eigenvalue weighted by atomic mass is 10.2. The van der Waals surface area contributed by atoms with Crippen molar-refractivity contribution in [2.75, 3.05) is 26.2 Å². The Kier molecular flexibility index (Phi) is 6.01. The summed E-state index contributed by atoms with van der Waals surface area (Å²) in [5, 5.41) is 13.8. The number of carboxylic acid groups (broad SMARTS) is 1. The Morgan fingerprint density at radius 3 is 2.61 bits per heavy atom. The molecule has 1 fully saturated rings. The van der Waals surface area contributed by atoms with Crippen LogP contribution < -0.4 is 10.6 Å². The molecule has 0 aromatic heterocycles. The van der Waals surface area contributed by atoms with Crippen LogP contribution in [0.3, 0.4) is 0 Å². The third-order valence-corrected chi connectivity index (χ3v) is 2.84. The van der Waals surface area contributed by atoms with Crippen molar-refractivity contribution in [3.63, 3.8) is 0 Å². The number of hydrogen-bond acceptors (Lipinski definition) is 3. The summed E-state index contributed by atoms with van der Waals surface area (Å²) < 4.78 is 0. The van der Waals surface area contributed by atoms with E-state index in [1.165, 1.54) is 12.8 Å². The molecule has 1 aliphatic heterocycles. The number of carbonyl (C=O) groups is 2. The maximum absolute atomic E-state index is 11.4. The zero-order valence-corrected chi connectivity index (χ0v) is 10.3. The number of nitrogens with zero attached hydrogens (tertiary/aromatic N) is 1. The van der Waals surface area contributed by atoms with Crippen molar-refractivity contribution >= 4 is 12.0 Å². The van der Waals surface area contributed by atoms with Crippen molar-refractivity contribution in [3.8, 4) is 12.3 Å². The molecule has 3 N–H and O–H groups in total. The third-order valence-electron chi connectivity index (χ3n) is 2.84. The molecule has 0 radical (unpaired) electrons. The molecule has 1 saturated heterocycles. The fourth-order valence-electron chi connectivity index (χ4n) is 1.86. The van der Waals surface area contributed by atoms with Gasteiger partial charge in [-0.1, -0.05) is 0 Å². The number of terminal acetylenes is 1. The lowest BCUT2D eigenvalue weighted by Crippen LogP contribution is -2.47. The second-order valence-electron chi connectivity index (χ2n) is 4.25. The molecule has 1 atom stereocenters. The van der Waals surface area contributed by atoms with Crippen LogP contribution in [0.15, 0.2) is 0 Å². The second kappa shape index (κ2) is 7.56. The summed E-state index contributed by atoms with van der Waals surface area (Å²) >= 11 is 0. The number of aliphatic carboxylic acids is 1. The zero-order chi connectivity index (χ0) is 13.4. The van der Waals surface area contributed by atoms with Gasteiger partial charge >= 0.3 is 12.0 Å². The Morgan fingerprint density at radius 2 is 2.06 bits per heavy atom. The summed E-state index contributed by atoms with van der Waals surface area (Å²) in [6, 6.07) is -1.52. The van der Waals surface area contributed by atoms with Gasteiger partial charge in [0.25, 0.3) is 0 Å². The molecule has 1 unspecified atom stereocenters. The number of urea groups is 1. The van der Waals surface area contributed by atoms with Gasteiger partial charge in [0.1, 0.15) is 6.04 Å². The molecule has 1 aliphatic rings. The highest BCUT2D eigenvalue weighted by atomic mass is 16.4. The van der Waals surface area contributed by atoms with Gasteiger partial charge in [0.05, 0.1) is 0 Å². The van der Waals surface area contributed by atoms with Crippen LogP contribution in [0.1, 0.15) is 19.3 Å². The zero-order valence-electron chi connectivity index (χ0n) is 10.3.